The normalized spacial score (nSPS) is 10.7. The minimum atomic E-state index is 0.214. The van der Waals surface area contributed by atoms with Crippen LogP contribution < -0.4 is 10.1 Å². The molecule has 27 heavy (non-hydrogen) atoms. The summed E-state index contributed by atoms with van der Waals surface area (Å²) in [5.74, 6) is 1.64. The zero-order valence-electron chi connectivity index (χ0n) is 14.5. The lowest BCUT2D eigenvalue weighted by atomic mass is 10.3. The molecule has 0 spiro atoms. The number of nitrogens with one attached hydrogen (secondary N) is 1. The van der Waals surface area contributed by atoms with Crippen LogP contribution >= 0.6 is 0 Å². The van der Waals surface area contributed by atoms with Crippen LogP contribution in [0.5, 0.6) is 5.75 Å². The number of aromatic nitrogens is 7. The lowest BCUT2D eigenvalue weighted by molar-refractivity contribution is 0.340. The van der Waals surface area contributed by atoms with Gasteiger partial charge in [0.15, 0.2) is 0 Å². The molecular weight excluding hydrogens is 348 g/mol. The van der Waals surface area contributed by atoms with Crippen molar-refractivity contribution in [2.45, 2.75) is 13.5 Å². The molecule has 0 aliphatic rings. The average Bonchev–Trinajstić information content (AvgIpc) is 3.34. The molecule has 4 aromatic rings. The summed E-state index contributed by atoms with van der Waals surface area (Å²) in [7, 11) is 0. The standard InChI is InChI=1S/C17H16N8O2/c1-2-26-14-7-5-13(6-8-14)19-17-22-20-15(27-17)11-25-23-16(21-24-25)12-4-3-9-18-10-12/h3-10H,2,11H2,1H3,(H,19,22). The Morgan fingerprint density at radius 3 is 2.78 bits per heavy atom. The SMILES string of the molecule is CCOc1ccc(Nc2nnc(Cn3nnc(-c4cccnc4)n3)o2)cc1. The Morgan fingerprint density at radius 1 is 1.11 bits per heavy atom. The van der Waals surface area contributed by atoms with Crippen LogP contribution in [-0.2, 0) is 6.54 Å². The fraction of sp³-hybridized carbons (Fsp3) is 0.176. The third-order valence-electron chi connectivity index (χ3n) is 3.53. The number of benzene rings is 1. The van der Waals surface area contributed by atoms with E-state index in [0.717, 1.165) is 17.0 Å². The highest BCUT2D eigenvalue weighted by Gasteiger charge is 2.11. The van der Waals surface area contributed by atoms with E-state index in [0.29, 0.717) is 18.3 Å². The van der Waals surface area contributed by atoms with Crippen molar-refractivity contribution >= 4 is 11.7 Å². The quantitative estimate of drug-likeness (QED) is 0.527. The Labute approximate surface area is 154 Å². The predicted molar refractivity (Wildman–Crippen MR) is 95.3 cm³/mol. The van der Waals surface area contributed by atoms with Gasteiger partial charge in [-0.3, -0.25) is 4.98 Å². The Hall–Kier alpha value is -3.82. The summed E-state index contributed by atoms with van der Waals surface area (Å²) in [5.41, 5.74) is 1.60. The predicted octanol–water partition coefficient (Wildman–Crippen LogP) is 2.31. The summed E-state index contributed by atoms with van der Waals surface area (Å²) in [6.07, 6.45) is 3.36. The molecule has 3 heterocycles. The molecule has 0 aliphatic carbocycles. The largest absolute Gasteiger partial charge is 0.494 e. The van der Waals surface area contributed by atoms with Gasteiger partial charge < -0.3 is 14.5 Å². The average molecular weight is 364 g/mol. The van der Waals surface area contributed by atoms with Gasteiger partial charge in [0, 0.05) is 23.6 Å². The number of nitrogens with zero attached hydrogens (tertiary/aromatic N) is 7. The zero-order valence-corrected chi connectivity index (χ0v) is 14.5. The van der Waals surface area contributed by atoms with Crippen LogP contribution in [0.2, 0.25) is 0 Å². The summed E-state index contributed by atoms with van der Waals surface area (Å²) >= 11 is 0. The number of anilines is 2. The van der Waals surface area contributed by atoms with Gasteiger partial charge in [-0.2, -0.15) is 4.80 Å². The molecule has 136 valence electrons. The maximum absolute atomic E-state index is 5.58. The van der Waals surface area contributed by atoms with Crippen LogP contribution in [0.1, 0.15) is 12.8 Å². The molecule has 3 aromatic heterocycles. The molecule has 0 bridgehead atoms. The molecule has 0 saturated carbocycles. The summed E-state index contributed by atoms with van der Waals surface area (Å²) in [6.45, 7) is 2.78. The fourth-order valence-electron chi connectivity index (χ4n) is 2.33. The Morgan fingerprint density at radius 2 is 2.00 bits per heavy atom. The van der Waals surface area contributed by atoms with Crippen LogP contribution in [0.25, 0.3) is 11.4 Å². The first-order valence-electron chi connectivity index (χ1n) is 8.30. The van der Waals surface area contributed by atoms with Gasteiger partial charge >= 0.3 is 6.01 Å². The van der Waals surface area contributed by atoms with Crippen molar-refractivity contribution in [3.8, 4) is 17.1 Å². The maximum atomic E-state index is 5.58. The van der Waals surface area contributed by atoms with Crippen molar-refractivity contribution in [1.82, 2.24) is 35.4 Å². The maximum Gasteiger partial charge on any atom is 0.320 e. The van der Waals surface area contributed by atoms with Crippen molar-refractivity contribution in [3.63, 3.8) is 0 Å². The smallest absolute Gasteiger partial charge is 0.320 e. The van der Waals surface area contributed by atoms with Crippen LogP contribution in [0.15, 0.2) is 53.2 Å². The molecule has 0 unspecified atom stereocenters. The molecule has 1 aromatic carbocycles. The molecule has 0 amide bonds. The zero-order chi connectivity index (χ0) is 18.5. The molecular formula is C17H16N8O2. The van der Waals surface area contributed by atoms with Crippen molar-refractivity contribution in [3.05, 3.63) is 54.7 Å². The first kappa shape index (κ1) is 16.6. The fourth-order valence-corrected chi connectivity index (χ4v) is 2.33. The van der Waals surface area contributed by atoms with Crippen LogP contribution in [-0.4, -0.2) is 42.0 Å². The van der Waals surface area contributed by atoms with Crippen molar-refractivity contribution < 1.29 is 9.15 Å². The van der Waals surface area contributed by atoms with Gasteiger partial charge in [0.2, 0.25) is 11.7 Å². The Bertz CT molecular complexity index is 997. The van der Waals surface area contributed by atoms with E-state index < -0.39 is 0 Å². The topological polar surface area (TPSA) is 117 Å². The summed E-state index contributed by atoms with van der Waals surface area (Å²) in [5, 5.41) is 23.3. The third kappa shape index (κ3) is 4.06. The van der Waals surface area contributed by atoms with Crippen molar-refractivity contribution in [1.29, 1.82) is 0 Å². The van der Waals surface area contributed by atoms with Gasteiger partial charge in [-0.15, -0.1) is 15.3 Å². The van der Waals surface area contributed by atoms with Gasteiger partial charge in [-0.05, 0) is 48.5 Å². The molecule has 4 rings (SSSR count). The molecule has 10 nitrogen and oxygen atoms in total. The van der Waals surface area contributed by atoms with E-state index in [9.17, 15) is 0 Å². The van der Waals surface area contributed by atoms with E-state index >= 15 is 0 Å². The highest BCUT2D eigenvalue weighted by atomic mass is 16.5. The highest BCUT2D eigenvalue weighted by molar-refractivity contribution is 5.53. The Balaban J connectivity index is 1.40. The summed E-state index contributed by atoms with van der Waals surface area (Å²) in [4.78, 5) is 5.42. The van der Waals surface area contributed by atoms with E-state index in [1.807, 2.05) is 43.3 Å². The monoisotopic (exact) mass is 364 g/mol. The van der Waals surface area contributed by atoms with E-state index in [2.05, 4.69) is 35.9 Å². The van der Waals surface area contributed by atoms with Gasteiger partial charge in [-0.1, -0.05) is 5.10 Å². The molecule has 0 radical (unpaired) electrons. The number of hydrogen-bond donors (Lipinski definition) is 1. The second-order valence-corrected chi connectivity index (χ2v) is 5.47. The molecule has 0 fully saturated rings. The second-order valence-electron chi connectivity index (χ2n) is 5.47. The van der Waals surface area contributed by atoms with E-state index in [4.69, 9.17) is 9.15 Å². The summed E-state index contributed by atoms with van der Waals surface area (Å²) < 4.78 is 11.0. The van der Waals surface area contributed by atoms with Crippen LogP contribution in [0.4, 0.5) is 11.7 Å². The lowest BCUT2D eigenvalue weighted by Crippen LogP contribution is -2.04. The Kier molecular flexibility index (Phi) is 4.68. The van der Waals surface area contributed by atoms with Crippen LogP contribution in [0, 0.1) is 0 Å². The third-order valence-corrected chi connectivity index (χ3v) is 3.53. The van der Waals surface area contributed by atoms with Crippen molar-refractivity contribution in [2.75, 3.05) is 11.9 Å². The number of ether oxygens (including phenoxy) is 1. The van der Waals surface area contributed by atoms with Crippen LogP contribution in [0.3, 0.4) is 0 Å². The molecule has 1 N–H and O–H groups in total. The molecule has 10 heteroatoms. The summed E-state index contributed by atoms with van der Waals surface area (Å²) in [6, 6.07) is 11.4. The lowest BCUT2D eigenvalue weighted by Gasteiger charge is -2.04. The minimum Gasteiger partial charge on any atom is -0.494 e. The number of tetrazole rings is 1. The highest BCUT2D eigenvalue weighted by Crippen LogP contribution is 2.19. The minimum absolute atomic E-state index is 0.214. The van der Waals surface area contributed by atoms with Gasteiger partial charge in [0.1, 0.15) is 12.3 Å². The number of rotatable bonds is 7. The van der Waals surface area contributed by atoms with E-state index in [1.54, 1.807) is 12.4 Å². The van der Waals surface area contributed by atoms with Gasteiger partial charge in [0.05, 0.1) is 6.61 Å². The first-order chi connectivity index (χ1) is 13.3. The first-order valence-corrected chi connectivity index (χ1v) is 8.30. The van der Waals surface area contributed by atoms with Gasteiger partial charge in [0.25, 0.3) is 0 Å². The van der Waals surface area contributed by atoms with Gasteiger partial charge in [-0.25, -0.2) is 0 Å². The second kappa shape index (κ2) is 7.60. The number of hydrogen-bond acceptors (Lipinski definition) is 9. The molecule has 0 atom stereocenters. The van der Waals surface area contributed by atoms with Crippen molar-refractivity contribution in [2.24, 2.45) is 0 Å². The molecule has 0 saturated heterocycles. The van der Waals surface area contributed by atoms with E-state index in [1.165, 1.54) is 4.80 Å². The number of pyridine rings is 1. The molecule has 0 aliphatic heterocycles. The van der Waals surface area contributed by atoms with E-state index in [-0.39, 0.29) is 12.6 Å².